The molecule has 0 saturated carbocycles. The maximum atomic E-state index is 12.1. The molecule has 0 aliphatic carbocycles. The number of benzene rings is 1. The van der Waals surface area contributed by atoms with E-state index < -0.39 is 23.4 Å². The lowest BCUT2D eigenvalue weighted by Gasteiger charge is -2.20. The number of nitrogens with one attached hydrogen (secondary N) is 1. The number of carbonyl (C=O) groups excluding carboxylic acids is 2. The van der Waals surface area contributed by atoms with Crippen molar-refractivity contribution in [3.63, 3.8) is 0 Å². The third-order valence-electron chi connectivity index (χ3n) is 3.33. The molecule has 0 radical (unpaired) electrons. The third-order valence-corrected chi connectivity index (χ3v) is 3.33. The quantitative estimate of drug-likeness (QED) is 0.528. The normalized spacial score (nSPS) is 13.1. The van der Waals surface area contributed by atoms with Gasteiger partial charge < -0.3 is 9.47 Å². The molecule has 6 heteroatoms. The first-order valence-electron chi connectivity index (χ1n) is 9.38. The fraction of sp³-hybridized carbons (Fsp3) is 0.500. The summed E-state index contributed by atoms with van der Waals surface area (Å²) in [5.41, 5.74) is 0.912. The molecule has 0 aliphatic rings. The molecule has 0 bridgehead atoms. The summed E-state index contributed by atoms with van der Waals surface area (Å²) in [5.74, 6) is 0.209. The molecule has 0 unspecified atom stereocenters. The van der Waals surface area contributed by atoms with Gasteiger partial charge in [0.15, 0.2) is 0 Å². The van der Waals surface area contributed by atoms with Gasteiger partial charge in [-0.05, 0) is 66.0 Å². The van der Waals surface area contributed by atoms with E-state index in [9.17, 15) is 9.59 Å². The Morgan fingerprint density at radius 3 is 2.11 bits per heavy atom. The molecule has 1 aromatic rings. The summed E-state index contributed by atoms with van der Waals surface area (Å²) in [6.45, 7) is 12.6. The summed E-state index contributed by atoms with van der Waals surface area (Å²) < 4.78 is 10.5. The monoisotopic (exact) mass is 388 g/mol. The standard InChI is InChI=1S/C22H32N2O4/c1-16(17-13-9-8-10-14-17)12-11-15-18(23-19(25)27-21(2,3)4)24-20(26)28-22(5,6)7/h8-10,12-14H,11,15H2,1-7H3,(H,23,24,25,26). The van der Waals surface area contributed by atoms with Crippen molar-refractivity contribution >= 4 is 23.6 Å². The summed E-state index contributed by atoms with van der Waals surface area (Å²) in [6, 6.07) is 9.98. The number of rotatable bonds is 4. The Morgan fingerprint density at radius 2 is 1.57 bits per heavy atom. The predicted octanol–water partition coefficient (Wildman–Crippen LogP) is 5.73. The smallest absolute Gasteiger partial charge is 0.435 e. The second kappa shape index (κ2) is 10.1. The van der Waals surface area contributed by atoms with Crippen LogP contribution in [0, 0.1) is 0 Å². The highest BCUT2D eigenvalue weighted by Crippen LogP contribution is 2.15. The molecular formula is C22H32N2O4. The minimum atomic E-state index is -0.748. The zero-order chi connectivity index (χ0) is 21.4. The fourth-order valence-corrected chi connectivity index (χ4v) is 2.21. The van der Waals surface area contributed by atoms with Gasteiger partial charge in [0, 0.05) is 6.42 Å². The van der Waals surface area contributed by atoms with Gasteiger partial charge in [-0.25, -0.2) is 9.59 Å². The van der Waals surface area contributed by atoms with Gasteiger partial charge in [-0.1, -0.05) is 36.4 Å². The topological polar surface area (TPSA) is 77.0 Å². The first kappa shape index (κ1) is 23.4. The number of aliphatic imine (C=N–C) groups is 1. The number of nitrogens with zero attached hydrogens (tertiary/aromatic N) is 1. The molecule has 154 valence electrons. The van der Waals surface area contributed by atoms with Crippen molar-refractivity contribution < 1.29 is 19.1 Å². The van der Waals surface area contributed by atoms with Crippen molar-refractivity contribution in [2.75, 3.05) is 0 Å². The van der Waals surface area contributed by atoms with Crippen LogP contribution >= 0.6 is 0 Å². The molecule has 0 fully saturated rings. The second-order valence-corrected chi connectivity index (χ2v) is 8.46. The van der Waals surface area contributed by atoms with Crippen LogP contribution in [0.4, 0.5) is 9.59 Å². The summed E-state index contributed by atoms with van der Waals surface area (Å²) >= 11 is 0. The molecular weight excluding hydrogens is 356 g/mol. The van der Waals surface area contributed by atoms with Gasteiger partial charge in [0.1, 0.15) is 17.0 Å². The summed E-state index contributed by atoms with van der Waals surface area (Å²) in [4.78, 5) is 28.0. The minimum Gasteiger partial charge on any atom is -0.444 e. The number of amides is 2. The van der Waals surface area contributed by atoms with Crippen LogP contribution < -0.4 is 5.32 Å². The highest BCUT2D eigenvalue weighted by atomic mass is 16.6. The largest absolute Gasteiger partial charge is 0.444 e. The number of ether oxygens (including phenoxy) is 2. The van der Waals surface area contributed by atoms with Crippen molar-refractivity contribution in [2.24, 2.45) is 4.99 Å². The first-order valence-corrected chi connectivity index (χ1v) is 9.38. The minimum absolute atomic E-state index is 0.209. The molecule has 0 atom stereocenters. The molecule has 0 aromatic heterocycles. The maximum Gasteiger partial charge on any atom is 0.435 e. The van der Waals surface area contributed by atoms with E-state index in [1.807, 2.05) is 43.3 Å². The van der Waals surface area contributed by atoms with Crippen LogP contribution in [0.15, 0.2) is 41.4 Å². The van der Waals surface area contributed by atoms with Crippen LogP contribution in [-0.4, -0.2) is 29.2 Å². The zero-order valence-electron chi connectivity index (χ0n) is 18.0. The Morgan fingerprint density at radius 1 is 1.00 bits per heavy atom. The summed E-state index contributed by atoms with van der Waals surface area (Å²) in [7, 11) is 0. The molecule has 2 amide bonds. The van der Waals surface area contributed by atoms with Crippen LogP contribution in [0.1, 0.15) is 66.9 Å². The van der Waals surface area contributed by atoms with E-state index in [0.29, 0.717) is 12.8 Å². The van der Waals surface area contributed by atoms with E-state index in [0.717, 1.165) is 11.1 Å². The molecule has 0 heterocycles. The van der Waals surface area contributed by atoms with Crippen LogP contribution in [0.3, 0.4) is 0 Å². The van der Waals surface area contributed by atoms with Gasteiger partial charge >= 0.3 is 12.2 Å². The van der Waals surface area contributed by atoms with Gasteiger partial charge in [0.25, 0.3) is 0 Å². The SMILES string of the molecule is CC(=CCC/C(=N\C(=O)OC(C)(C)C)NC(=O)OC(C)(C)C)c1ccccc1. The molecule has 0 spiro atoms. The van der Waals surface area contributed by atoms with Gasteiger partial charge in [-0.3, -0.25) is 5.32 Å². The van der Waals surface area contributed by atoms with Gasteiger partial charge in [-0.2, -0.15) is 4.99 Å². The van der Waals surface area contributed by atoms with Crippen molar-refractivity contribution in [3.05, 3.63) is 42.0 Å². The molecule has 1 rings (SSSR count). The van der Waals surface area contributed by atoms with E-state index in [-0.39, 0.29) is 5.84 Å². The number of hydrogen-bond acceptors (Lipinski definition) is 4. The zero-order valence-corrected chi connectivity index (χ0v) is 18.0. The van der Waals surface area contributed by atoms with Crippen LogP contribution in [-0.2, 0) is 9.47 Å². The lowest BCUT2D eigenvalue weighted by molar-refractivity contribution is 0.0561. The van der Waals surface area contributed by atoms with E-state index in [1.165, 1.54) is 0 Å². The van der Waals surface area contributed by atoms with Crippen molar-refractivity contribution in [1.82, 2.24) is 5.32 Å². The Balaban J connectivity index is 2.85. The van der Waals surface area contributed by atoms with E-state index in [1.54, 1.807) is 41.5 Å². The van der Waals surface area contributed by atoms with E-state index in [2.05, 4.69) is 10.3 Å². The molecule has 0 aliphatic heterocycles. The lowest BCUT2D eigenvalue weighted by Crippen LogP contribution is -2.37. The first-order chi connectivity index (χ1) is 12.9. The Bertz CT molecular complexity index is 723. The Kier molecular flexibility index (Phi) is 8.41. The maximum absolute atomic E-state index is 12.1. The fourth-order valence-electron chi connectivity index (χ4n) is 2.21. The van der Waals surface area contributed by atoms with Crippen molar-refractivity contribution in [3.8, 4) is 0 Å². The second-order valence-electron chi connectivity index (χ2n) is 8.46. The highest BCUT2D eigenvalue weighted by Gasteiger charge is 2.20. The van der Waals surface area contributed by atoms with Gasteiger partial charge in [0.05, 0.1) is 0 Å². The van der Waals surface area contributed by atoms with Crippen LogP contribution in [0.5, 0.6) is 0 Å². The number of allylic oxidation sites excluding steroid dienone is 2. The van der Waals surface area contributed by atoms with Crippen molar-refractivity contribution in [2.45, 2.75) is 72.5 Å². The van der Waals surface area contributed by atoms with Gasteiger partial charge in [-0.15, -0.1) is 0 Å². The average Bonchev–Trinajstić information content (AvgIpc) is 2.51. The van der Waals surface area contributed by atoms with Gasteiger partial charge in [0.2, 0.25) is 0 Å². The van der Waals surface area contributed by atoms with E-state index in [4.69, 9.17) is 9.47 Å². The summed E-state index contributed by atoms with van der Waals surface area (Å²) in [6.07, 6.45) is 1.60. The Hall–Kier alpha value is -2.63. The van der Waals surface area contributed by atoms with Crippen molar-refractivity contribution in [1.29, 1.82) is 0 Å². The van der Waals surface area contributed by atoms with Crippen LogP contribution in [0.2, 0.25) is 0 Å². The number of hydrogen-bond donors (Lipinski definition) is 1. The highest BCUT2D eigenvalue weighted by molar-refractivity contribution is 6.00. The molecule has 6 nitrogen and oxygen atoms in total. The predicted molar refractivity (Wildman–Crippen MR) is 112 cm³/mol. The average molecular weight is 389 g/mol. The molecule has 1 aromatic carbocycles. The number of amidine groups is 1. The van der Waals surface area contributed by atoms with Crippen LogP contribution in [0.25, 0.3) is 5.57 Å². The molecule has 0 saturated heterocycles. The Labute approximate surface area is 168 Å². The molecule has 28 heavy (non-hydrogen) atoms. The summed E-state index contributed by atoms with van der Waals surface area (Å²) in [5, 5.41) is 2.56. The van der Waals surface area contributed by atoms with E-state index >= 15 is 0 Å². The number of alkyl carbamates (subject to hydrolysis) is 1. The number of carbonyl (C=O) groups is 2. The lowest BCUT2D eigenvalue weighted by atomic mass is 10.1. The third kappa shape index (κ3) is 10.5. The molecule has 1 N–H and O–H groups in total.